The molecule has 1 aromatic carbocycles. The molecule has 1 atom stereocenters. The van der Waals surface area contributed by atoms with Crippen molar-refractivity contribution in [2.75, 3.05) is 0 Å². The molecule has 1 aliphatic carbocycles. The third-order valence-corrected chi connectivity index (χ3v) is 4.26. The Morgan fingerprint density at radius 1 is 1.29 bits per heavy atom. The van der Waals surface area contributed by atoms with Crippen molar-refractivity contribution < 1.29 is 5.11 Å². The Kier molecular flexibility index (Phi) is 4.47. The Hall–Kier alpha value is -0.530. The molecule has 1 aromatic rings. The average Bonchev–Trinajstić information content (AvgIpc) is 2.39. The first-order valence-electron chi connectivity index (χ1n) is 6.68. The zero-order valence-corrected chi connectivity index (χ0v) is 11.2. The van der Waals surface area contributed by atoms with E-state index >= 15 is 0 Å². The molecule has 0 saturated heterocycles. The molecule has 1 nitrogen and oxygen atoms in total. The molecule has 1 unspecified atom stereocenters. The summed E-state index contributed by atoms with van der Waals surface area (Å²) in [7, 11) is 0. The molecule has 17 heavy (non-hydrogen) atoms. The second-order valence-electron chi connectivity index (χ2n) is 5.05. The van der Waals surface area contributed by atoms with E-state index in [-0.39, 0.29) is 6.10 Å². The lowest BCUT2D eigenvalue weighted by Crippen LogP contribution is -2.16. The topological polar surface area (TPSA) is 20.2 Å². The highest BCUT2D eigenvalue weighted by Gasteiger charge is 2.23. The molecule has 1 aliphatic rings. The summed E-state index contributed by atoms with van der Waals surface area (Å²) < 4.78 is 0. The summed E-state index contributed by atoms with van der Waals surface area (Å²) in [5.41, 5.74) is 2.18. The van der Waals surface area contributed by atoms with Gasteiger partial charge in [-0.05, 0) is 42.4 Å². The van der Waals surface area contributed by atoms with E-state index < -0.39 is 0 Å². The minimum absolute atomic E-state index is 0.308. The zero-order valence-electron chi connectivity index (χ0n) is 10.5. The van der Waals surface area contributed by atoms with Crippen LogP contribution in [0.25, 0.3) is 0 Å². The summed E-state index contributed by atoms with van der Waals surface area (Å²) in [4.78, 5) is 0. The van der Waals surface area contributed by atoms with Crippen molar-refractivity contribution in [2.45, 2.75) is 51.6 Å². The largest absolute Gasteiger partial charge is 0.388 e. The number of aliphatic hydroxyl groups is 1. The first-order valence-corrected chi connectivity index (χ1v) is 7.06. The van der Waals surface area contributed by atoms with Gasteiger partial charge in [0.1, 0.15) is 0 Å². The van der Waals surface area contributed by atoms with Crippen molar-refractivity contribution >= 4 is 11.6 Å². The predicted molar refractivity (Wildman–Crippen MR) is 72.4 cm³/mol. The van der Waals surface area contributed by atoms with Gasteiger partial charge in [0.05, 0.1) is 6.10 Å². The number of halogens is 1. The zero-order chi connectivity index (χ0) is 12.3. The maximum Gasteiger partial charge on any atom is 0.0818 e. The van der Waals surface area contributed by atoms with E-state index in [2.05, 4.69) is 13.0 Å². The lowest BCUT2D eigenvalue weighted by molar-refractivity contribution is 0.0848. The van der Waals surface area contributed by atoms with E-state index in [1.165, 1.54) is 19.3 Å². The fourth-order valence-electron chi connectivity index (χ4n) is 2.77. The molecular formula is C15H21ClO. The van der Waals surface area contributed by atoms with Crippen LogP contribution in [0.15, 0.2) is 18.2 Å². The Bertz CT molecular complexity index is 369. The van der Waals surface area contributed by atoms with Gasteiger partial charge < -0.3 is 5.11 Å². The van der Waals surface area contributed by atoms with Gasteiger partial charge in [-0.2, -0.15) is 0 Å². The number of rotatable bonds is 3. The van der Waals surface area contributed by atoms with Gasteiger partial charge in [0, 0.05) is 5.02 Å². The molecule has 1 fully saturated rings. The van der Waals surface area contributed by atoms with Crippen molar-refractivity contribution in [1.29, 1.82) is 0 Å². The highest BCUT2D eigenvalue weighted by atomic mass is 35.5. The molecule has 0 aliphatic heterocycles. The van der Waals surface area contributed by atoms with E-state index in [0.29, 0.717) is 5.92 Å². The van der Waals surface area contributed by atoms with Crippen LogP contribution in [-0.2, 0) is 6.42 Å². The number of benzene rings is 1. The summed E-state index contributed by atoms with van der Waals surface area (Å²) in [5.74, 6) is 0.439. The minimum atomic E-state index is -0.308. The van der Waals surface area contributed by atoms with Gasteiger partial charge in [0.2, 0.25) is 0 Å². The first-order chi connectivity index (χ1) is 8.22. The molecule has 2 heteroatoms. The molecular weight excluding hydrogens is 232 g/mol. The SMILES string of the molecule is CCc1cc(C(O)C2CCCCC2)ccc1Cl. The molecule has 1 saturated carbocycles. The van der Waals surface area contributed by atoms with Crippen molar-refractivity contribution in [3.63, 3.8) is 0 Å². The Morgan fingerprint density at radius 2 is 2.00 bits per heavy atom. The van der Waals surface area contributed by atoms with E-state index in [1.54, 1.807) is 0 Å². The van der Waals surface area contributed by atoms with Crippen LogP contribution >= 0.6 is 11.6 Å². The number of hydrogen-bond acceptors (Lipinski definition) is 1. The highest BCUT2D eigenvalue weighted by molar-refractivity contribution is 6.31. The maximum atomic E-state index is 10.4. The maximum absolute atomic E-state index is 10.4. The quantitative estimate of drug-likeness (QED) is 0.839. The van der Waals surface area contributed by atoms with Gasteiger partial charge in [-0.25, -0.2) is 0 Å². The van der Waals surface area contributed by atoms with Gasteiger partial charge >= 0.3 is 0 Å². The molecule has 0 aromatic heterocycles. The fraction of sp³-hybridized carbons (Fsp3) is 0.600. The van der Waals surface area contributed by atoms with Gasteiger partial charge in [0.25, 0.3) is 0 Å². The van der Waals surface area contributed by atoms with Crippen LogP contribution in [-0.4, -0.2) is 5.11 Å². The number of aliphatic hydroxyl groups excluding tert-OH is 1. The van der Waals surface area contributed by atoms with Gasteiger partial charge in [0.15, 0.2) is 0 Å². The van der Waals surface area contributed by atoms with E-state index in [4.69, 9.17) is 11.6 Å². The Morgan fingerprint density at radius 3 is 2.65 bits per heavy atom. The Balaban J connectivity index is 2.15. The molecule has 2 rings (SSSR count). The lowest BCUT2D eigenvalue weighted by Gasteiger charge is -2.27. The van der Waals surface area contributed by atoms with Gasteiger partial charge in [-0.3, -0.25) is 0 Å². The van der Waals surface area contributed by atoms with Crippen LogP contribution in [0.2, 0.25) is 5.02 Å². The molecule has 0 heterocycles. The lowest BCUT2D eigenvalue weighted by atomic mass is 9.82. The van der Waals surface area contributed by atoms with Crippen LogP contribution in [0, 0.1) is 5.92 Å². The van der Waals surface area contributed by atoms with E-state index in [9.17, 15) is 5.11 Å². The minimum Gasteiger partial charge on any atom is -0.388 e. The van der Waals surface area contributed by atoms with Crippen molar-refractivity contribution in [3.8, 4) is 0 Å². The third-order valence-electron chi connectivity index (χ3n) is 3.89. The smallest absolute Gasteiger partial charge is 0.0818 e. The number of hydrogen-bond donors (Lipinski definition) is 1. The summed E-state index contributed by atoms with van der Waals surface area (Å²) in [5, 5.41) is 11.2. The summed E-state index contributed by atoms with van der Waals surface area (Å²) >= 11 is 6.11. The van der Waals surface area contributed by atoms with Gasteiger partial charge in [-0.1, -0.05) is 49.9 Å². The van der Waals surface area contributed by atoms with Crippen molar-refractivity contribution in [1.82, 2.24) is 0 Å². The predicted octanol–water partition coefficient (Wildman–Crippen LogP) is 4.52. The van der Waals surface area contributed by atoms with Crippen LogP contribution in [0.5, 0.6) is 0 Å². The van der Waals surface area contributed by atoms with Crippen LogP contribution < -0.4 is 0 Å². The second-order valence-corrected chi connectivity index (χ2v) is 5.45. The summed E-state index contributed by atoms with van der Waals surface area (Å²) in [6.45, 7) is 2.10. The average molecular weight is 253 g/mol. The molecule has 0 radical (unpaired) electrons. The fourth-order valence-corrected chi connectivity index (χ4v) is 3.02. The van der Waals surface area contributed by atoms with Crippen molar-refractivity contribution in [2.24, 2.45) is 5.92 Å². The van der Waals surface area contributed by atoms with Crippen molar-refractivity contribution in [3.05, 3.63) is 34.3 Å². The highest BCUT2D eigenvalue weighted by Crippen LogP contribution is 2.35. The molecule has 0 spiro atoms. The van der Waals surface area contributed by atoms with E-state index in [1.807, 2.05) is 12.1 Å². The Labute approximate surface area is 109 Å². The van der Waals surface area contributed by atoms with Crippen LogP contribution in [0.3, 0.4) is 0 Å². The number of aryl methyl sites for hydroxylation is 1. The molecule has 0 bridgehead atoms. The normalized spacial score (nSPS) is 19.2. The monoisotopic (exact) mass is 252 g/mol. The van der Waals surface area contributed by atoms with Gasteiger partial charge in [-0.15, -0.1) is 0 Å². The third kappa shape index (κ3) is 3.02. The summed E-state index contributed by atoms with van der Waals surface area (Å²) in [6.07, 6.45) is 6.77. The standard InChI is InChI=1S/C15H21ClO/c1-2-11-10-13(8-9-14(11)16)15(17)12-6-4-3-5-7-12/h8-10,12,15,17H,2-7H2,1H3. The first kappa shape index (κ1) is 12.9. The molecule has 0 amide bonds. The second kappa shape index (κ2) is 5.88. The van der Waals surface area contributed by atoms with Crippen LogP contribution in [0.4, 0.5) is 0 Å². The van der Waals surface area contributed by atoms with Crippen LogP contribution in [0.1, 0.15) is 56.3 Å². The summed E-state index contributed by atoms with van der Waals surface area (Å²) in [6, 6.07) is 5.96. The van der Waals surface area contributed by atoms with E-state index in [0.717, 1.165) is 35.4 Å². The molecule has 94 valence electrons. The molecule has 1 N–H and O–H groups in total.